The Bertz CT molecular complexity index is 376. The number of aromatic nitrogens is 4. The SMILES string of the molecule is Cc1cnc(NCCn2cccn2)[nH]1. The Hall–Kier alpha value is -1.78. The van der Waals surface area contributed by atoms with Gasteiger partial charge in [-0.05, 0) is 13.0 Å². The second-order valence-electron chi connectivity index (χ2n) is 3.11. The van der Waals surface area contributed by atoms with E-state index in [1.165, 1.54) is 0 Å². The molecule has 74 valence electrons. The molecule has 0 aliphatic carbocycles. The molecule has 14 heavy (non-hydrogen) atoms. The van der Waals surface area contributed by atoms with Crippen LogP contribution >= 0.6 is 0 Å². The van der Waals surface area contributed by atoms with E-state index >= 15 is 0 Å². The van der Waals surface area contributed by atoms with Crippen molar-refractivity contribution in [1.29, 1.82) is 0 Å². The van der Waals surface area contributed by atoms with Gasteiger partial charge in [-0.1, -0.05) is 0 Å². The highest BCUT2D eigenvalue weighted by Crippen LogP contribution is 1.99. The summed E-state index contributed by atoms with van der Waals surface area (Å²) in [6, 6.07) is 1.91. The van der Waals surface area contributed by atoms with Crippen LogP contribution in [0.25, 0.3) is 0 Å². The van der Waals surface area contributed by atoms with Crippen molar-refractivity contribution in [1.82, 2.24) is 19.7 Å². The highest BCUT2D eigenvalue weighted by molar-refractivity contribution is 5.25. The predicted molar refractivity (Wildman–Crippen MR) is 54.0 cm³/mol. The molecule has 0 aromatic carbocycles. The monoisotopic (exact) mass is 191 g/mol. The van der Waals surface area contributed by atoms with Gasteiger partial charge in [0.2, 0.25) is 0 Å². The largest absolute Gasteiger partial charge is 0.354 e. The summed E-state index contributed by atoms with van der Waals surface area (Å²) in [7, 11) is 0. The Morgan fingerprint density at radius 1 is 1.57 bits per heavy atom. The molecule has 2 rings (SSSR count). The molecule has 0 aliphatic rings. The van der Waals surface area contributed by atoms with Gasteiger partial charge < -0.3 is 10.3 Å². The van der Waals surface area contributed by atoms with E-state index in [2.05, 4.69) is 20.4 Å². The van der Waals surface area contributed by atoms with Crippen LogP contribution in [0, 0.1) is 6.92 Å². The number of imidazole rings is 1. The van der Waals surface area contributed by atoms with Gasteiger partial charge in [-0.3, -0.25) is 4.68 Å². The summed E-state index contributed by atoms with van der Waals surface area (Å²) in [6.45, 7) is 3.63. The second kappa shape index (κ2) is 3.95. The Labute approximate surface area is 82.2 Å². The molecule has 0 spiro atoms. The quantitative estimate of drug-likeness (QED) is 0.758. The summed E-state index contributed by atoms with van der Waals surface area (Å²) in [5.74, 6) is 0.814. The minimum absolute atomic E-state index is 0.814. The number of H-pyrrole nitrogens is 1. The normalized spacial score (nSPS) is 10.4. The number of aryl methyl sites for hydroxylation is 1. The zero-order valence-corrected chi connectivity index (χ0v) is 8.07. The van der Waals surface area contributed by atoms with Crippen molar-refractivity contribution >= 4 is 5.95 Å². The van der Waals surface area contributed by atoms with E-state index in [4.69, 9.17) is 0 Å². The van der Waals surface area contributed by atoms with Crippen molar-refractivity contribution < 1.29 is 0 Å². The van der Waals surface area contributed by atoms with Crippen molar-refractivity contribution in [3.05, 3.63) is 30.4 Å². The van der Waals surface area contributed by atoms with Crippen LogP contribution in [-0.2, 0) is 6.54 Å². The Morgan fingerprint density at radius 2 is 2.50 bits per heavy atom. The second-order valence-corrected chi connectivity index (χ2v) is 3.11. The molecule has 0 amide bonds. The molecule has 5 nitrogen and oxygen atoms in total. The first-order chi connectivity index (χ1) is 6.84. The minimum Gasteiger partial charge on any atom is -0.354 e. The summed E-state index contributed by atoms with van der Waals surface area (Å²) in [5, 5.41) is 7.27. The van der Waals surface area contributed by atoms with Crippen LogP contribution < -0.4 is 5.32 Å². The molecule has 0 unspecified atom stereocenters. The number of hydrogen-bond acceptors (Lipinski definition) is 3. The fraction of sp³-hybridized carbons (Fsp3) is 0.333. The smallest absolute Gasteiger partial charge is 0.200 e. The first-order valence-electron chi connectivity index (χ1n) is 4.57. The maximum Gasteiger partial charge on any atom is 0.200 e. The topological polar surface area (TPSA) is 58.5 Å². The van der Waals surface area contributed by atoms with Gasteiger partial charge in [0.1, 0.15) is 0 Å². The zero-order chi connectivity index (χ0) is 9.80. The van der Waals surface area contributed by atoms with E-state index in [1.54, 1.807) is 12.4 Å². The van der Waals surface area contributed by atoms with E-state index in [1.807, 2.05) is 23.9 Å². The highest BCUT2D eigenvalue weighted by atomic mass is 15.3. The van der Waals surface area contributed by atoms with Gasteiger partial charge in [-0.25, -0.2) is 4.98 Å². The molecule has 2 N–H and O–H groups in total. The van der Waals surface area contributed by atoms with Gasteiger partial charge in [0.15, 0.2) is 5.95 Å². The third-order valence-corrected chi connectivity index (χ3v) is 1.90. The van der Waals surface area contributed by atoms with Crippen LogP contribution in [0.2, 0.25) is 0 Å². The highest BCUT2D eigenvalue weighted by Gasteiger charge is 1.95. The van der Waals surface area contributed by atoms with Gasteiger partial charge in [0, 0.05) is 30.8 Å². The molecule has 5 heteroatoms. The van der Waals surface area contributed by atoms with Crippen LogP contribution in [0.4, 0.5) is 5.95 Å². The van der Waals surface area contributed by atoms with E-state index in [0.717, 1.165) is 24.7 Å². The Kier molecular flexibility index (Phi) is 2.48. The number of aromatic amines is 1. The minimum atomic E-state index is 0.814. The molecule has 2 aromatic rings. The average Bonchev–Trinajstić information content (AvgIpc) is 2.77. The maximum atomic E-state index is 4.14. The van der Waals surface area contributed by atoms with Crippen molar-refractivity contribution in [3.63, 3.8) is 0 Å². The fourth-order valence-corrected chi connectivity index (χ4v) is 1.22. The molecular weight excluding hydrogens is 178 g/mol. The van der Waals surface area contributed by atoms with E-state index in [9.17, 15) is 0 Å². The van der Waals surface area contributed by atoms with Crippen LogP contribution in [0.15, 0.2) is 24.7 Å². The van der Waals surface area contributed by atoms with Gasteiger partial charge in [-0.15, -0.1) is 0 Å². The number of nitrogens with zero attached hydrogens (tertiary/aromatic N) is 3. The molecule has 2 heterocycles. The lowest BCUT2D eigenvalue weighted by atomic mass is 10.6. The van der Waals surface area contributed by atoms with E-state index < -0.39 is 0 Å². The first-order valence-corrected chi connectivity index (χ1v) is 4.57. The van der Waals surface area contributed by atoms with Crippen LogP contribution in [-0.4, -0.2) is 26.3 Å². The third kappa shape index (κ3) is 2.12. The molecule has 0 fully saturated rings. The number of nitrogens with one attached hydrogen (secondary N) is 2. The van der Waals surface area contributed by atoms with Crippen LogP contribution in [0.3, 0.4) is 0 Å². The lowest BCUT2D eigenvalue weighted by molar-refractivity contribution is 0.636. The molecule has 0 bridgehead atoms. The molecular formula is C9H13N5. The van der Waals surface area contributed by atoms with Crippen LogP contribution in [0.5, 0.6) is 0 Å². The number of anilines is 1. The summed E-state index contributed by atoms with van der Waals surface area (Å²) in [4.78, 5) is 7.24. The van der Waals surface area contributed by atoms with Crippen molar-refractivity contribution in [2.45, 2.75) is 13.5 Å². The van der Waals surface area contributed by atoms with E-state index in [-0.39, 0.29) is 0 Å². The van der Waals surface area contributed by atoms with Gasteiger partial charge in [0.05, 0.1) is 6.54 Å². The van der Waals surface area contributed by atoms with E-state index in [0.29, 0.717) is 0 Å². The average molecular weight is 191 g/mol. The van der Waals surface area contributed by atoms with Gasteiger partial charge >= 0.3 is 0 Å². The van der Waals surface area contributed by atoms with Crippen LogP contribution in [0.1, 0.15) is 5.69 Å². The number of rotatable bonds is 4. The summed E-state index contributed by atoms with van der Waals surface area (Å²) in [6.07, 6.45) is 5.52. The summed E-state index contributed by atoms with van der Waals surface area (Å²) >= 11 is 0. The molecule has 0 saturated carbocycles. The summed E-state index contributed by atoms with van der Waals surface area (Å²) in [5.41, 5.74) is 1.06. The molecule has 0 radical (unpaired) electrons. The van der Waals surface area contributed by atoms with Gasteiger partial charge in [-0.2, -0.15) is 5.10 Å². The third-order valence-electron chi connectivity index (χ3n) is 1.90. The Balaban J connectivity index is 1.78. The molecule has 0 saturated heterocycles. The number of hydrogen-bond donors (Lipinski definition) is 2. The van der Waals surface area contributed by atoms with Crippen molar-refractivity contribution in [2.24, 2.45) is 0 Å². The molecule has 2 aromatic heterocycles. The lowest BCUT2D eigenvalue weighted by Crippen LogP contribution is -2.11. The van der Waals surface area contributed by atoms with Crippen molar-refractivity contribution in [2.75, 3.05) is 11.9 Å². The standard InChI is InChI=1S/C9H13N5/c1-8-7-11-9(13-8)10-4-6-14-5-2-3-12-14/h2-3,5,7H,4,6H2,1H3,(H2,10,11,13). The Morgan fingerprint density at radius 3 is 3.14 bits per heavy atom. The zero-order valence-electron chi connectivity index (χ0n) is 8.07. The lowest BCUT2D eigenvalue weighted by Gasteiger charge is -2.02. The predicted octanol–water partition coefficient (Wildman–Crippen LogP) is 1.03. The molecule has 0 atom stereocenters. The first kappa shape index (κ1) is 8.80. The molecule has 0 aliphatic heterocycles. The van der Waals surface area contributed by atoms with Crippen molar-refractivity contribution in [3.8, 4) is 0 Å². The maximum absolute atomic E-state index is 4.14. The summed E-state index contributed by atoms with van der Waals surface area (Å²) < 4.78 is 1.88. The fourth-order valence-electron chi connectivity index (χ4n) is 1.22. The van der Waals surface area contributed by atoms with Gasteiger partial charge in [0.25, 0.3) is 0 Å².